The van der Waals surface area contributed by atoms with Crippen LogP contribution in [0.15, 0.2) is 61.1 Å². The number of amides is 1. The zero-order valence-corrected chi connectivity index (χ0v) is 25.6. The van der Waals surface area contributed by atoms with Crippen molar-refractivity contribution in [1.29, 1.82) is 0 Å². The van der Waals surface area contributed by atoms with Crippen LogP contribution in [0.4, 0.5) is 14.5 Å². The summed E-state index contributed by atoms with van der Waals surface area (Å²) in [7, 11) is -3.23. The molecule has 6 aromatic rings. The fourth-order valence-corrected chi connectivity index (χ4v) is 6.63. The highest BCUT2D eigenvalue weighted by molar-refractivity contribution is 7.90. The number of rotatable bonds is 8. The van der Waals surface area contributed by atoms with Crippen LogP contribution >= 0.6 is 0 Å². The normalized spacial score (nSPS) is 14.0. The highest BCUT2D eigenvalue weighted by Crippen LogP contribution is 2.35. The SMILES string of the molecule is CS(=O)(=O)CCc1cc(F)cc(-c2nccc3[nH]c(-c4n[nH]c5cc(F)c(-c6cncc(NC(=O)C7CCCC7)c6)cc45)nc23)c1. The second-order valence-corrected chi connectivity index (χ2v) is 14.0. The Hall–Kier alpha value is -5.04. The van der Waals surface area contributed by atoms with Crippen molar-refractivity contribution in [3.8, 4) is 33.9 Å². The number of halogens is 2. The average molecular weight is 642 g/mol. The van der Waals surface area contributed by atoms with Gasteiger partial charge >= 0.3 is 0 Å². The molecule has 1 fully saturated rings. The zero-order valence-electron chi connectivity index (χ0n) is 24.8. The summed E-state index contributed by atoms with van der Waals surface area (Å²) in [5.74, 6) is -0.793. The number of benzene rings is 2. The van der Waals surface area contributed by atoms with Crippen molar-refractivity contribution in [2.45, 2.75) is 32.1 Å². The Bertz CT molecular complexity index is 2240. The lowest BCUT2D eigenvalue weighted by molar-refractivity contribution is -0.119. The number of pyridine rings is 2. The topological polar surface area (TPSA) is 146 Å². The van der Waals surface area contributed by atoms with Crippen molar-refractivity contribution in [3.05, 3.63) is 78.3 Å². The van der Waals surface area contributed by atoms with Gasteiger partial charge in [0.05, 0.1) is 34.4 Å². The van der Waals surface area contributed by atoms with Gasteiger partial charge in [-0.1, -0.05) is 12.8 Å². The van der Waals surface area contributed by atoms with E-state index in [0.29, 0.717) is 61.5 Å². The second-order valence-electron chi connectivity index (χ2n) is 11.8. The first-order valence-corrected chi connectivity index (χ1v) is 16.9. The molecular weight excluding hydrogens is 612 g/mol. The molecule has 1 aliphatic carbocycles. The van der Waals surface area contributed by atoms with E-state index in [9.17, 15) is 17.6 Å². The number of aryl methyl sites for hydroxylation is 1. The lowest BCUT2D eigenvalue weighted by atomic mass is 10.0. The van der Waals surface area contributed by atoms with E-state index in [1.165, 1.54) is 24.4 Å². The molecular formula is C33H29F2N7O3S. The fraction of sp³-hybridized carbons (Fsp3) is 0.242. The molecule has 1 saturated carbocycles. The molecule has 0 radical (unpaired) electrons. The van der Waals surface area contributed by atoms with E-state index in [1.807, 2.05) is 0 Å². The highest BCUT2D eigenvalue weighted by Gasteiger charge is 2.23. The molecule has 0 spiro atoms. The van der Waals surface area contributed by atoms with Crippen LogP contribution in [0.1, 0.15) is 31.2 Å². The van der Waals surface area contributed by atoms with Gasteiger partial charge in [-0.3, -0.25) is 19.9 Å². The first-order valence-electron chi connectivity index (χ1n) is 14.9. The molecule has 4 heterocycles. The van der Waals surface area contributed by atoms with Gasteiger partial charge in [0.25, 0.3) is 0 Å². The van der Waals surface area contributed by atoms with E-state index in [-0.39, 0.29) is 29.6 Å². The predicted octanol–water partition coefficient (Wildman–Crippen LogP) is 6.22. The zero-order chi connectivity index (χ0) is 32.0. The Morgan fingerprint density at radius 1 is 1.00 bits per heavy atom. The van der Waals surface area contributed by atoms with Crippen LogP contribution in [-0.2, 0) is 21.1 Å². The number of H-pyrrole nitrogens is 2. The van der Waals surface area contributed by atoms with E-state index in [1.54, 1.807) is 36.7 Å². The summed E-state index contributed by atoms with van der Waals surface area (Å²) in [4.78, 5) is 29.4. The minimum Gasteiger partial charge on any atom is -0.336 e. The summed E-state index contributed by atoms with van der Waals surface area (Å²) in [5, 5.41) is 10.8. The fourth-order valence-electron chi connectivity index (χ4n) is 6.02. The van der Waals surface area contributed by atoms with Gasteiger partial charge in [0.15, 0.2) is 5.82 Å². The third-order valence-electron chi connectivity index (χ3n) is 8.31. The summed E-state index contributed by atoms with van der Waals surface area (Å²) in [6, 6.07) is 10.8. The van der Waals surface area contributed by atoms with E-state index in [4.69, 9.17) is 4.98 Å². The minimum atomic E-state index is -3.23. The molecule has 10 nitrogen and oxygen atoms in total. The summed E-state index contributed by atoms with van der Waals surface area (Å²) >= 11 is 0. The van der Waals surface area contributed by atoms with Gasteiger partial charge in [0, 0.05) is 52.7 Å². The minimum absolute atomic E-state index is 0.0207. The molecule has 2 aromatic carbocycles. The van der Waals surface area contributed by atoms with Crippen molar-refractivity contribution in [1.82, 2.24) is 30.1 Å². The number of sulfone groups is 1. The molecule has 234 valence electrons. The average Bonchev–Trinajstić information content (AvgIpc) is 3.79. The number of fused-ring (bicyclic) bond motifs is 2. The quantitative estimate of drug-likeness (QED) is 0.179. The van der Waals surface area contributed by atoms with Crippen LogP contribution in [0.5, 0.6) is 0 Å². The maximum absolute atomic E-state index is 15.4. The van der Waals surface area contributed by atoms with Crippen molar-refractivity contribution < 1.29 is 22.0 Å². The summed E-state index contributed by atoms with van der Waals surface area (Å²) in [6.45, 7) is 0. The van der Waals surface area contributed by atoms with E-state index < -0.39 is 21.5 Å². The monoisotopic (exact) mass is 641 g/mol. The summed E-state index contributed by atoms with van der Waals surface area (Å²) in [5.41, 5.74) is 4.63. The van der Waals surface area contributed by atoms with Gasteiger partial charge in [-0.2, -0.15) is 5.10 Å². The maximum Gasteiger partial charge on any atom is 0.227 e. The molecule has 0 unspecified atom stereocenters. The number of hydrogen-bond donors (Lipinski definition) is 3. The van der Waals surface area contributed by atoms with Crippen molar-refractivity contribution in [3.63, 3.8) is 0 Å². The number of hydrogen-bond acceptors (Lipinski definition) is 7. The van der Waals surface area contributed by atoms with Crippen molar-refractivity contribution in [2.24, 2.45) is 5.92 Å². The molecule has 0 saturated heterocycles. The molecule has 0 aliphatic heterocycles. The number of nitrogens with zero attached hydrogens (tertiary/aromatic N) is 4. The second kappa shape index (κ2) is 11.7. The highest BCUT2D eigenvalue weighted by atomic mass is 32.2. The Balaban J connectivity index is 1.24. The van der Waals surface area contributed by atoms with E-state index in [2.05, 4.69) is 30.5 Å². The van der Waals surface area contributed by atoms with Crippen LogP contribution in [0.2, 0.25) is 0 Å². The van der Waals surface area contributed by atoms with Crippen molar-refractivity contribution in [2.75, 3.05) is 17.3 Å². The molecule has 1 amide bonds. The smallest absolute Gasteiger partial charge is 0.227 e. The third kappa shape index (κ3) is 5.97. The molecule has 7 rings (SSSR count). The number of carbonyl (C=O) groups is 1. The molecule has 0 atom stereocenters. The van der Waals surface area contributed by atoms with Crippen LogP contribution in [0.3, 0.4) is 0 Å². The third-order valence-corrected chi connectivity index (χ3v) is 9.26. The number of anilines is 1. The van der Waals surface area contributed by atoms with Gasteiger partial charge < -0.3 is 10.3 Å². The number of aromatic amines is 2. The number of nitrogens with one attached hydrogen (secondary N) is 3. The molecule has 13 heteroatoms. The van der Waals surface area contributed by atoms with Crippen LogP contribution < -0.4 is 5.32 Å². The van der Waals surface area contributed by atoms with Gasteiger partial charge in [-0.15, -0.1) is 0 Å². The Kier molecular flexibility index (Phi) is 7.55. The van der Waals surface area contributed by atoms with E-state index in [0.717, 1.165) is 31.9 Å². The molecule has 4 aromatic heterocycles. The van der Waals surface area contributed by atoms with Gasteiger partial charge in [0.1, 0.15) is 32.7 Å². The van der Waals surface area contributed by atoms with Crippen molar-refractivity contribution >= 4 is 43.4 Å². The number of imidazole rings is 1. The Labute approximate surface area is 262 Å². The van der Waals surface area contributed by atoms with Gasteiger partial charge in [-0.05, 0) is 61.2 Å². The molecule has 46 heavy (non-hydrogen) atoms. The summed E-state index contributed by atoms with van der Waals surface area (Å²) < 4.78 is 53.4. The van der Waals surface area contributed by atoms with Crippen LogP contribution in [0, 0.1) is 17.6 Å². The Morgan fingerprint density at radius 3 is 2.63 bits per heavy atom. The first-order chi connectivity index (χ1) is 22.1. The maximum atomic E-state index is 15.4. The Morgan fingerprint density at radius 2 is 1.83 bits per heavy atom. The van der Waals surface area contributed by atoms with Gasteiger partial charge in [0.2, 0.25) is 5.91 Å². The number of carbonyl (C=O) groups excluding carboxylic acids is 1. The molecule has 0 bridgehead atoms. The number of aromatic nitrogens is 6. The standard InChI is InChI=1S/C33H29F2N7O3S/c1-46(44,45)9-7-18-10-20(12-22(34)11-18)29-31-27(6-8-37-29)39-32(40-31)30-25-14-24(26(35)15-28(25)41-42-30)21-13-23(17-36-16-21)38-33(43)19-4-2-3-5-19/h6,8,10-17,19H,2-5,7,9H2,1H3,(H,38,43)(H,39,40)(H,41,42). The lowest BCUT2D eigenvalue weighted by Gasteiger charge is -2.11. The van der Waals surface area contributed by atoms with E-state index >= 15 is 4.39 Å². The lowest BCUT2D eigenvalue weighted by Crippen LogP contribution is -2.20. The predicted molar refractivity (Wildman–Crippen MR) is 172 cm³/mol. The first kappa shape index (κ1) is 29.7. The summed E-state index contributed by atoms with van der Waals surface area (Å²) in [6.07, 6.45) is 9.76. The largest absolute Gasteiger partial charge is 0.336 e. The molecule has 3 N–H and O–H groups in total. The van der Waals surface area contributed by atoms with Crippen LogP contribution in [-0.4, -0.2) is 56.5 Å². The van der Waals surface area contributed by atoms with Crippen LogP contribution in [0.25, 0.3) is 55.8 Å². The van der Waals surface area contributed by atoms with Gasteiger partial charge in [-0.25, -0.2) is 22.2 Å². The molecule has 1 aliphatic rings.